The number of rotatable bonds is 5. The van der Waals surface area contributed by atoms with E-state index in [1.165, 1.54) is 11.6 Å². The van der Waals surface area contributed by atoms with E-state index >= 15 is 0 Å². The van der Waals surface area contributed by atoms with Crippen molar-refractivity contribution in [1.29, 1.82) is 0 Å². The van der Waals surface area contributed by atoms with Crippen LogP contribution < -0.4 is 0 Å². The largest absolute Gasteiger partial charge is 0.207 e. The van der Waals surface area contributed by atoms with Crippen LogP contribution in [0.2, 0.25) is 0 Å². The molecule has 0 aromatic heterocycles. The zero-order chi connectivity index (χ0) is 14.6. The molecule has 0 spiro atoms. The van der Waals surface area contributed by atoms with Crippen LogP contribution in [0.15, 0.2) is 53.0 Å². The topological polar surface area (TPSA) is 0 Å². The first kappa shape index (κ1) is 16.2. The summed E-state index contributed by atoms with van der Waals surface area (Å²) in [6, 6.07) is 15.2. The Hall–Kier alpha value is -0.190. The van der Waals surface area contributed by atoms with Gasteiger partial charge in [-0.2, -0.15) is 0 Å². The minimum absolute atomic E-state index is 0.143. The molecule has 2 aromatic carbocycles. The van der Waals surface area contributed by atoms with Crippen molar-refractivity contribution in [3.63, 3.8) is 0 Å². The van der Waals surface area contributed by atoms with Gasteiger partial charge in [0.05, 0.1) is 0 Å². The van der Waals surface area contributed by atoms with Crippen molar-refractivity contribution in [3.05, 3.63) is 69.9 Å². The van der Waals surface area contributed by atoms with Crippen LogP contribution >= 0.6 is 47.8 Å². The van der Waals surface area contributed by atoms with E-state index < -0.39 is 0 Å². The minimum atomic E-state index is -0.164. The first-order chi connectivity index (χ1) is 9.61. The fourth-order valence-corrected chi connectivity index (χ4v) is 4.43. The molecule has 0 aliphatic carbocycles. The molecule has 0 aliphatic heterocycles. The van der Waals surface area contributed by atoms with Gasteiger partial charge < -0.3 is 0 Å². The zero-order valence-corrected chi connectivity index (χ0v) is 15.5. The van der Waals surface area contributed by atoms with Crippen LogP contribution in [0.4, 0.5) is 4.39 Å². The van der Waals surface area contributed by atoms with Crippen LogP contribution in [0, 0.1) is 5.82 Å². The van der Waals surface area contributed by atoms with E-state index in [2.05, 4.69) is 59.9 Å². The van der Waals surface area contributed by atoms with Gasteiger partial charge in [-0.05, 0) is 35.7 Å². The molecule has 2 rings (SSSR count). The van der Waals surface area contributed by atoms with Crippen LogP contribution in [-0.4, -0.2) is 10.7 Å². The summed E-state index contributed by atoms with van der Waals surface area (Å²) in [6.07, 6.45) is 0.651. The molecular formula is C16H14Br3F. The highest BCUT2D eigenvalue weighted by atomic mass is 79.9. The van der Waals surface area contributed by atoms with E-state index in [0.717, 1.165) is 20.7 Å². The lowest BCUT2D eigenvalue weighted by atomic mass is 9.79. The van der Waals surface area contributed by atoms with Crippen LogP contribution in [0.5, 0.6) is 0 Å². The quantitative estimate of drug-likeness (QED) is 0.486. The van der Waals surface area contributed by atoms with Crippen molar-refractivity contribution in [3.8, 4) is 0 Å². The maximum atomic E-state index is 13.9. The van der Waals surface area contributed by atoms with Crippen LogP contribution in [0.3, 0.4) is 0 Å². The smallest absolute Gasteiger partial charge is 0.126 e. The van der Waals surface area contributed by atoms with Gasteiger partial charge in [0.25, 0.3) is 0 Å². The zero-order valence-electron chi connectivity index (χ0n) is 10.8. The highest BCUT2D eigenvalue weighted by Crippen LogP contribution is 2.34. The molecule has 20 heavy (non-hydrogen) atoms. The van der Waals surface area contributed by atoms with Crippen molar-refractivity contribution in [2.45, 2.75) is 11.8 Å². The Labute approximate surface area is 144 Å². The van der Waals surface area contributed by atoms with Gasteiger partial charge in [-0.25, -0.2) is 4.39 Å². The third-order valence-electron chi connectivity index (χ3n) is 3.45. The van der Waals surface area contributed by atoms with E-state index in [4.69, 9.17) is 0 Å². The van der Waals surface area contributed by atoms with Crippen molar-refractivity contribution in [1.82, 2.24) is 0 Å². The third-order valence-corrected chi connectivity index (χ3v) is 6.13. The first-order valence-corrected chi connectivity index (χ1v) is 9.26. The Morgan fingerprint density at radius 3 is 2.05 bits per heavy atom. The third kappa shape index (κ3) is 3.52. The number of alkyl halides is 2. The molecule has 0 bridgehead atoms. The molecule has 0 heterocycles. The highest BCUT2D eigenvalue weighted by Gasteiger charge is 2.31. The average Bonchev–Trinajstić information content (AvgIpc) is 2.48. The minimum Gasteiger partial charge on any atom is -0.207 e. The van der Waals surface area contributed by atoms with Crippen molar-refractivity contribution >= 4 is 47.8 Å². The predicted octanol–water partition coefficient (Wildman–Crippen LogP) is 5.86. The summed E-state index contributed by atoms with van der Waals surface area (Å²) in [4.78, 5) is 0. The molecular weight excluding hydrogens is 451 g/mol. The summed E-state index contributed by atoms with van der Waals surface area (Å²) in [5.74, 6) is -0.143. The van der Waals surface area contributed by atoms with Gasteiger partial charge in [-0.15, -0.1) is 0 Å². The van der Waals surface area contributed by atoms with E-state index in [0.29, 0.717) is 6.42 Å². The Bertz CT molecular complexity index is 562. The van der Waals surface area contributed by atoms with Gasteiger partial charge in [-0.3, -0.25) is 0 Å². The van der Waals surface area contributed by atoms with E-state index in [-0.39, 0.29) is 11.2 Å². The lowest BCUT2D eigenvalue weighted by molar-refractivity contribution is 0.523. The lowest BCUT2D eigenvalue weighted by Gasteiger charge is -2.31. The maximum Gasteiger partial charge on any atom is 0.126 e. The molecule has 0 unspecified atom stereocenters. The van der Waals surface area contributed by atoms with E-state index in [1.54, 1.807) is 6.07 Å². The second-order valence-electron chi connectivity index (χ2n) is 4.82. The molecule has 4 heteroatoms. The fraction of sp³-hybridized carbons (Fsp3) is 0.250. The molecule has 0 fully saturated rings. The van der Waals surface area contributed by atoms with E-state index in [1.807, 2.05) is 24.3 Å². The van der Waals surface area contributed by atoms with Gasteiger partial charge in [0, 0.05) is 20.5 Å². The van der Waals surface area contributed by atoms with Crippen molar-refractivity contribution < 1.29 is 4.39 Å². The van der Waals surface area contributed by atoms with E-state index in [9.17, 15) is 4.39 Å². The standard InChI is InChI=1S/C16H14Br3F/c17-10-16(11-18,13-5-7-14(19)8-6-13)9-12-3-1-2-4-15(12)20/h1-8H,9-11H2. The Kier molecular flexibility index (Phi) is 5.82. The molecule has 0 atom stereocenters. The molecule has 0 saturated heterocycles. The number of halogens is 4. The molecule has 0 aliphatic rings. The normalized spacial score (nSPS) is 11.6. The molecule has 0 radical (unpaired) electrons. The molecule has 106 valence electrons. The summed E-state index contributed by atoms with van der Waals surface area (Å²) in [7, 11) is 0. The summed E-state index contributed by atoms with van der Waals surface area (Å²) in [5, 5.41) is 1.53. The fourth-order valence-electron chi connectivity index (χ4n) is 2.20. The van der Waals surface area contributed by atoms with Gasteiger partial charge in [-0.1, -0.05) is 78.1 Å². The molecule has 0 saturated carbocycles. The first-order valence-electron chi connectivity index (χ1n) is 6.23. The van der Waals surface area contributed by atoms with Crippen LogP contribution in [0.25, 0.3) is 0 Å². The predicted molar refractivity (Wildman–Crippen MR) is 93.5 cm³/mol. The Balaban J connectivity index is 2.39. The van der Waals surface area contributed by atoms with Crippen LogP contribution in [0.1, 0.15) is 11.1 Å². The number of hydrogen-bond acceptors (Lipinski definition) is 0. The number of benzene rings is 2. The lowest BCUT2D eigenvalue weighted by Crippen LogP contribution is -2.33. The highest BCUT2D eigenvalue weighted by molar-refractivity contribution is 9.10. The SMILES string of the molecule is Fc1ccccc1CC(CBr)(CBr)c1ccc(Br)cc1. The summed E-state index contributed by atoms with van der Waals surface area (Å²) >= 11 is 10.7. The number of hydrogen-bond donors (Lipinski definition) is 0. The van der Waals surface area contributed by atoms with Gasteiger partial charge in [0.2, 0.25) is 0 Å². The van der Waals surface area contributed by atoms with Crippen molar-refractivity contribution in [2.24, 2.45) is 0 Å². The average molecular weight is 465 g/mol. The van der Waals surface area contributed by atoms with Gasteiger partial charge in [0.1, 0.15) is 5.82 Å². The molecule has 0 amide bonds. The Morgan fingerprint density at radius 2 is 1.50 bits per heavy atom. The Morgan fingerprint density at radius 1 is 0.900 bits per heavy atom. The monoisotopic (exact) mass is 462 g/mol. The summed E-state index contributed by atoms with van der Waals surface area (Å²) in [5.41, 5.74) is 1.77. The summed E-state index contributed by atoms with van der Waals surface area (Å²) < 4.78 is 15.0. The van der Waals surface area contributed by atoms with Gasteiger partial charge in [0.15, 0.2) is 0 Å². The van der Waals surface area contributed by atoms with Gasteiger partial charge >= 0.3 is 0 Å². The van der Waals surface area contributed by atoms with Crippen molar-refractivity contribution in [2.75, 3.05) is 10.7 Å². The molecule has 0 nitrogen and oxygen atoms in total. The second-order valence-corrected chi connectivity index (χ2v) is 6.86. The molecule has 2 aromatic rings. The molecule has 0 N–H and O–H groups in total. The second kappa shape index (κ2) is 7.19. The maximum absolute atomic E-state index is 13.9. The van der Waals surface area contributed by atoms with Crippen LogP contribution in [-0.2, 0) is 11.8 Å². The summed E-state index contributed by atoms with van der Waals surface area (Å²) in [6.45, 7) is 0.